The van der Waals surface area contributed by atoms with Gasteiger partial charge in [0.25, 0.3) is 0 Å². The van der Waals surface area contributed by atoms with Gasteiger partial charge in [-0.25, -0.2) is 9.97 Å². The van der Waals surface area contributed by atoms with Gasteiger partial charge in [-0.05, 0) is 6.92 Å². The molecule has 2 heterocycles. The number of hydrogen-bond donors (Lipinski definition) is 1. The average molecular weight is 280 g/mol. The van der Waals surface area contributed by atoms with Crippen LogP contribution in [0.1, 0.15) is 45.1 Å². The maximum Gasteiger partial charge on any atom is 0.131 e. The standard InChI is InChI=1S/C14H24N4S/c1-9(2)14-16-8-13(12(7-15)17-14)18-5-6-19-11(4)10(18)3/h8-11H,5-7,15H2,1-4H3. The Kier molecular flexibility index (Phi) is 4.68. The van der Waals surface area contributed by atoms with Crippen LogP contribution in [0, 0.1) is 0 Å². The summed E-state index contributed by atoms with van der Waals surface area (Å²) in [6.45, 7) is 10.3. The first-order valence-electron chi connectivity index (χ1n) is 6.98. The summed E-state index contributed by atoms with van der Waals surface area (Å²) in [5, 5.41) is 0.629. The number of aromatic nitrogens is 2. The highest BCUT2D eigenvalue weighted by atomic mass is 32.2. The number of anilines is 1. The van der Waals surface area contributed by atoms with Crippen molar-refractivity contribution in [2.24, 2.45) is 5.73 Å². The summed E-state index contributed by atoms with van der Waals surface area (Å²) in [6, 6.07) is 0.498. The van der Waals surface area contributed by atoms with Crippen LogP contribution in [-0.4, -0.2) is 33.6 Å². The third-order valence-electron chi connectivity index (χ3n) is 3.77. The van der Waals surface area contributed by atoms with Crippen molar-refractivity contribution in [3.63, 3.8) is 0 Å². The normalized spacial score (nSPS) is 24.0. The van der Waals surface area contributed by atoms with E-state index in [9.17, 15) is 0 Å². The van der Waals surface area contributed by atoms with E-state index >= 15 is 0 Å². The molecule has 2 atom stereocenters. The zero-order valence-electron chi connectivity index (χ0n) is 12.3. The molecule has 0 aliphatic carbocycles. The van der Waals surface area contributed by atoms with Crippen LogP contribution in [0.3, 0.4) is 0 Å². The molecule has 1 aromatic heterocycles. The molecule has 1 aromatic rings. The monoisotopic (exact) mass is 280 g/mol. The predicted octanol–water partition coefficient (Wildman–Crippen LogP) is 2.39. The van der Waals surface area contributed by atoms with E-state index in [2.05, 4.69) is 42.6 Å². The molecular formula is C14H24N4S. The van der Waals surface area contributed by atoms with Gasteiger partial charge in [0.2, 0.25) is 0 Å². The van der Waals surface area contributed by atoms with E-state index in [1.165, 1.54) is 0 Å². The van der Waals surface area contributed by atoms with E-state index in [1.54, 1.807) is 0 Å². The topological polar surface area (TPSA) is 55.0 Å². The van der Waals surface area contributed by atoms with E-state index in [0.717, 1.165) is 29.5 Å². The Bertz CT molecular complexity index is 435. The van der Waals surface area contributed by atoms with E-state index in [0.29, 0.717) is 23.8 Å². The maximum absolute atomic E-state index is 5.88. The average Bonchev–Trinajstić information content (AvgIpc) is 2.41. The zero-order valence-corrected chi connectivity index (χ0v) is 13.1. The highest BCUT2D eigenvalue weighted by Gasteiger charge is 2.27. The summed E-state index contributed by atoms with van der Waals surface area (Å²) in [4.78, 5) is 11.6. The van der Waals surface area contributed by atoms with Crippen molar-refractivity contribution in [1.82, 2.24) is 9.97 Å². The summed E-state index contributed by atoms with van der Waals surface area (Å²) < 4.78 is 0. The van der Waals surface area contributed by atoms with Crippen LogP contribution in [0.25, 0.3) is 0 Å². The summed E-state index contributed by atoms with van der Waals surface area (Å²) in [7, 11) is 0. The van der Waals surface area contributed by atoms with Gasteiger partial charge in [0.1, 0.15) is 5.82 Å². The Labute approximate surface area is 120 Å². The molecule has 0 spiro atoms. The van der Waals surface area contributed by atoms with Crippen LogP contribution in [0.2, 0.25) is 0 Å². The molecule has 0 aromatic carbocycles. The summed E-state index contributed by atoms with van der Waals surface area (Å²) in [5.41, 5.74) is 7.98. The third kappa shape index (κ3) is 3.03. The number of nitrogens with zero attached hydrogens (tertiary/aromatic N) is 3. The number of thioether (sulfide) groups is 1. The van der Waals surface area contributed by atoms with Crippen LogP contribution in [0.5, 0.6) is 0 Å². The molecule has 0 amide bonds. The Balaban J connectivity index is 2.33. The second-order valence-electron chi connectivity index (χ2n) is 5.43. The van der Waals surface area contributed by atoms with Crippen molar-refractivity contribution < 1.29 is 0 Å². The molecule has 1 fully saturated rings. The molecule has 1 saturated heterocycles. The maximum atomic E-state index is 5.88. The van der Waals surface area contributed by atoms with Crippen molar-refractivity contribution in [1.29, 1.82) is 0 Å². The minimum absolute atomic E-state index is 0.340. The van der Waals surface area contributed by atoms with Crippen molar-refractivity contribution >= 4 is 17.4 Å². The largest absolute Gasteiger partial charge is 0.364 e. The molecule has 0 radical (unpaired) electrons. The molecule has 2 unspecified atom stereocenters. The molecule has 0 saturated carbocycles. The lowest BCUT2D eigenvalue weighted by atomic mass is 10.1. The Hall–Kier alpha value is -0.810. The summed E-state index contributed by atoms with van der Waals surface area (Å²) in [6.07, 6.45) is 1.96. The first-order chi connectivity index (χ1) is 9.04. The summed E-state index contributed by atoms with van der Waals surface area (Å²) >= 11 is 2.03. The van der Waals surface area contributed by atoms with Gasteiger partial charge in [-0.2, -0.15) is 11.8 Å². The highest BCUT2D eigenvalue weighted by molar-refractivity contribution is 8.00. The van der Waals surface area contributed by atoms with Gasteiger partial charge in [0, 0.05) is 36.1 Å². The SMILES string of the molecule is CC(C)c1ncc(N2CCSC(C)C2C)c(CN)n1. The molecule has 1 aliphatic heterocycles. The Morgan fingerprint density at radius 1 is 1.47 bits per heavy atom. The first-order valence-corrected chi connectivity index (χ1v) is 8.03. The number of rotatable bonds is 3. The lowest BCUT2D eigenvalue weighted by Crippen LogP contribution is -2.45. The fourth-order valence-corrected chi connectivity index (χ4v) is 3.47. The molecule has 2 rings (SSSR count). The molecular weight excluding hydrogens is 256 g/mol. The van der Waals surface area contributed by atoms with E-state index < -0.39 is 0 Å². The van der Waals surface area contributed by atoms with Crippen LogP contribution >= 0.6 is 11.8 Å². The van der Waals surface area contributed by atoms with Gasteiger partial charge in [-0.15, -0.1) is 0 Å². The van der Waals surface area contributed by atoms with E-state index in [1.807, 2.05) is 18.0 Å². The van der Waals surface area contributed by atoms with Crippen LogP contribution < -0.4 is 10.6 Å². The highest BCUT2D eigenvalue weighted by Crippen LogP contribution is 2.30. The van der Waals surface area contributed by atoms with Crippen molar-refractivity contribution in [2.75, 3.05) is 17.2 Å². The quantitative estimate of drug-likeness (QED) is 0.921. The summed E-state index contributed by atoms with van der Waals surface area (Å²) in [5.74, 6) is 2.38. The lowest BCUT2D eigenvalue weighted by Gasteiger charge is -2.39. The van der Waals surface area contributed by atoms with Crippen molar-refractivity contribution in [2.45, 2.75) is 51.4 Å². The van der Waals surface area contributed by atoms with Crippen molar-refractivity contribution in [3.8, 4) is 0 Å². The molecule has 2 N–H and O–H groups in total. The number of nitrogens with two attached hydrogens (primary N) is 1. The minimum atomic E-state index is 0.340. The minimum Gasteiger partial charge on any atom is -0.364 e. The van der Waals surface area contributed by atoms with Gasteiger partial charge in [0.05, 0.1) is 17.6 Å². The fourth-order valence-electron chi connectivity index (χ4n) is 2.37. The van der Waals surface area contributed by atoms with Gasteiger partial charge < -0.3 is 10.6 Å². The van der Waals surface area contributed by atoms with Crippen LogP contribution in [0.4, 0.5) is 5.69 Å². The second-order valence-corrected chi connectivity index (χ2v) is 6.91. The molecule has 106 valence electrons. The van der Waals surface area contributed by atoms with E-state index in [-0.39, 0.29) is 0 Å². The molecule has 5 heteroatoms. The smallest absolute Gasteiger partial charge is 0.131 e. The molecule has 4 nitrogen and oxygen atoms in total. The molecule has 0 bridgehead atoms. The Morgan fingerprint density at radius 3 is 2.84 bits per heavy atom. The van der Waals surface area contributed by atoms with Gasteiger partial charge in [-0.3, -0.25) is 0 Å². The Morgan fingerprint density at radius 2 is 2.21 bits per heavy atom. The second kappa shape index (κ2) is 6.09. The molecule has 1 aliphatic rings. The van der Waals surface area contributed by atoms with E-state index in [4.69, 9.17) is 5.73 Å². The molecule has 19 heavy (non-hydrogen) atoms. The fraction of sp³-hybridized carbons (Fsp3) is 0.714. The third-order valence-corrected chi connectivity index (χ3v) is 5.11. The van der Waals surface area contributed by atoms with Crippen LogP contribution in [0.15, 0.2) is 6.20 Å². The van der Waals surface area contributed by atoms with Crippen molar-refractivity contribution in [3.05, 3.63) is 17.7 Å². The zero-order chi connectivity index (χ0) is 14.0. The van der Waals surface area contributed by atoms with Gasteiger partial charge in [-0.1, -0.05) is 20.8 Å². The van der Waals surface area contributed by atoms with Gasteiger partial charge in [0.15, 0.2) is 0 Å². The number of hydrogen-bond acceptors (Lipinski definition) is 5. The van der Waals surface area contributed by atoms with Gasteiger partial charge >= 0.3 is 0 Å². The lowest BCUT2D eigenvalue weighted by molar-refractivity contribution is 0.618. The predicted molar refractivity (Wildman–Crippen MR) is 82.7 cm³/mol. The first kappa shape index (κ1) is 14.6. The van der Waals surface area contributed by atoms with Crippen LogP contribution in [-0.2, 0) is 6.54 Å².